The highest BCUT2D eigenvalue weighted by molar-refractivity contribution is 6.05. The maximum Gasteiger partial charge on any atom is 0.288 e. The molecule has 7 heteroatoms. The summed E-state index contributed by atoms with van der Waals surface area (Å²) in [7, 11) is 0. The molecule has 1 heterocycles. The van der Waals surface area contributed by atoms with Gasteiger partial charge in [0.2, 0.25) is 0 Å². The highest BCUT2D eigenvalue weighted by atomic mass is 16.2. The van der Waals surface area contributed by atoms with Crippen LogP contribution in [-0.2, 0) is 0 Å². The van der Waals surface area contributed by atoms with Crippen LogP contribution in [0.4, 0.5) is 5.69 Å². The van der Waals surface area contributed by atoms with Gasteiger partial charge in [-0.1, -0.05) is 30.3 Å². The van der Waals surface area contributed by atoms with E-state index in [1.165, 1.54) is 12.3 Å². The number of anilines is 1. The van der Waals surface area contributed by atoms with Gasteiger partial charge in [-0.15, -0.1) is 0 Å². The number of carbonyl (C=O) groups excluding carboxylic acids is 3. The van der Waals surface area contributed by atoms with Crippen LogP contribution in [0.25, 0.3) is 0 Å². The average molecular weight is 374 g/mol. The van der Waals surface area contributed by atoms with Crippen molar-refractivity contribution in [1.82, 2.24) is 15.8 Å². The van der Waals surface area contributed by atoms with Crippen molar-refractivity contribution in [3.8, 4) is 0 Å². The molecule has 0 saturated carbocycles. The first kappa shape index (κ1) is 18.8. The van der Waals surface area contributed by atoms with Crippen molar-refractivity contribution in [2.45, 2.75) is 6.92 Å². The summed E-state index contributed by atoms with van der Waals surface area (Å²) in [6.07, 6.45) is 1.48. The lowest BCUT2D eigenvalue weighted by Crippen LogP contribution is -2.41. The number of aryl methyl sites for hydroxylation is 1. The van der Waals surface area contributed by atoms with Gasteiger partial charge in [0.1, 0.15) is 5.69 Å². The summed E-state index contributed by atoms with van der Waals surface area (Å²) in [5.41, 5.74) is 6.95. The molecule has 0 spiro atoms. The van der Waals surface area contributed by atoms with Gasteiger partial charge in [0, 0.05) is 23.0 Å². The Labute approximate surface area is 161 Å². The molecule has 0 aliphatic heterocycles. The smallest absolute Gasteiger partial charge is 0.288 e. The Balaban J connectivity index is 1.67. The second kappa shape index (κ2) is 8.59. The predicted molar refractivity (Wildman–Crippen MR) is 105 cm³/mol. The molecule has 28 heavy (non-hydrogen) atoms. The number of nitrogens with one attached hydrogen (secondary N) is 3. The van der Waals surface area contributed by atoms with E-state index < -0.39 is 11.8 Å². The zero-order valence-electron chi connectivity index (χ0n) is 15.1. The fourth-order valence-corrected chi connectivity index (χ4v) is 2.43. The summed E-state index contributed by atoms with van der Waals surface area (Å²) in [6.45, 7) is 1.82. The molecule has 0 fully saturated rings. The molecule has 0 aliphatic carbocycles. The highest BCUT2D eigenvalue weighted by Crippen LogP contribution is 2.18. The van der Waals surface area contributed by atoms with Gasteiger partial charge in [0.05, 0.1) is 0 Å². The molecular weight excluding hydrogens is 356 g/mol. The van der Waals surface area contributed by atoms with E-state index in [9.17, 15) is 14.4 Å². The Morgan fingerprint density at radius 2 is 1.46 bits per heavy atom. The van der Waals surface area contributed by atoms with Crippen LogP contribution < -0.4 is 16.2 Å². The summed E-state index contributed by atoms with van der Waals surface area (Å²) in [5, 5.41) is 2.80. The molecule has 0 unspecified atom stereocenters. The van der Waals surface area contributed by atoms with Gasteiger partial charge in [-0.05, 0) is 48.9 Å². The zero-order valence-corrected chi connectivity index (χ0v) is 15.1. The third kappa shape index (κ3) is 4.59. The maximum absolute atomic E-state index is 12.3. The lowest BCUT2D eigenvalue weighted by atomic mass is 10.1. The summed E-state index contributed by atoms with van der Waals surface area (Å²) < 4.78 is 0. The third-order valence-electron chi connectivity index (χ3n) is 3.97. The number of carbonyl (C=O) groups is 3. The van der Waals surface area contributed by atoms with Crippen molar-refractivity contribution in [3.63, 3.8) is 0 Å². The molecule has 3 amide bonds. The van der Waals surface area contributed by atoms with Gasteiger partial charge in [0.15, 0.2) is 0 Å². The standard InChI is InChI=1S/C21H18N4O3/c1-14-10-11-16(13-18(14)23-19(26)15-7-3-2-4-8-15)20(27)24-25-21(28)17-9-5-6-12-22-17/h2-13H,1H3,(H,23,26)(H,24,27)(H,25,28). The van der Waals surface area contributed by atoms with Crippen molar-refractivity contribution in [2.75, 3.05) is 5.32 Å². The van der Waals surface area contributed by atoms with Crippen molar-refractivity contribution >= 4 is 23.4 Å². The number of benzene rings is 2. The van der Waals surface area contributed by atoms with Crippen molar-refractivity contribution < 1.29 is 14.4 Å². The van der Waals surface area contributed by atoms with E-state index in [1.54, 1.807) is 54.6 Å². The second-order valence-electron chi connectivity index (χ2n) is 5.97. The van der Waals surface area contributed by atoms with Crippen LogP contribution in [0, 0.1) is 6.92 Å². The highest BCUT2D eigenvalue weighted by Gasteiger charge is 2.13. The zero-order chi connectivity index (χ0) is 19.9. The number of rotatable bonds is 4. The van der Waals surface area contributed by atoms with Crippen molar-refractivity contribution in [3.05, 3.63) is 95.3 Å². The molecule has 0 bridgehead atoms. The van der Waals surface area contributed by atoms with Crippen LogP contribution in [0.1, 0.15) is 36.8 Å². The predicted octanol–water partition coefficient (Wildman–Crippen LogP) is 2.72. The number of hydrogen-bond donors (Lipinski definition) is 3. The van der Waals surface area contributed by atoms with Crippen molar-refractivity contribution in [1.29, 1.82) is 0 Å². The van der Waals surface area contributed by atoms with Crippen LogP contribution >= 0.6 is 0 Å². The van der Waals surface area contributed by atoms with E-state index >= 15 is 0 Å². The van der Waals surface area contributed by atoms with Crippen LogP contribution in [0.5, 0.6) is 0 Å². The Kier molecular flexibility index (Phi) is 5.76. The van der Waals surface area contributed by atoms with Crippen LogP contribution in [0.3, 0.4) is 0 Å². The number of hydrazine groups is 1. The number of nitrogens with zero attached hydrogens (tertiary/aromatic N) is 1. The van der Waals surface area contributed by atoms with E-state index in [2.05, 4.69) is 21.2 Å². The molecule has 3 N–H and O–H groups in total. The normalized spacial score (nSPS) is 10.0. The van der Waals surface area contributed by atoms with Gasteiger partial charge < -0.3 is 5.32 Å². The van der Waals surface area contributed by atoms with Crippen LogP contribution in [0.15, 0.2) is 72.9 Å². The number of pyridine rings is 1. The minimum absolute atomic E-state index is 0.183. The van der Waals surface area contributed by atoms with Crippen LogP contribution in [0.2, 0.25) is 0 Å². The van der Waals surface area contributed by atoms with Crippen LogP contribution in [-0.4, -0.2) is 22.7 Å². The molecule has 7 nitrogen and oxygen atoms in total. The first-order chi connectivity index (χ1) is 13.5. The molecule has 3 aromatic rings. The Morgan fingerprint density at radius 1 is 0.750 bits per heavy atom. The van der Waals surface area contributed by atoms with Gasteiger partial charge in [0.25, 0.3) is 17.7 Å². The SMILES string of the molecule is Cc1ccc(C(=O)NNC(=O)c2ccccn2)cc1NC(=O)c1ccccc1. The molecule has 2 aromatic carbocycles. The van der Waals surface area contributed by atoms with Gasteiger partial charge in [-0.25, -0.2) is 0 Å². The lowest BCUT2D eigenvalue weighted by molar-refractivity contribution is 0.0844. The topological polar surface area (TPSA) is 100 Å². The van der Waals surface area contributed by atoms with E-state index in [4.69, 9.17) is 0 Å². The Hall–Kier alpha value is -4.00. The third-order valence-corrected chi connectivity index (χ3v) is 3.97. The average Bonchev–Trinajstić information content (AvgIpc) is 2.74. The van der Waals surface area contributed by atoms with E-state index in [-0.39, 0.29) is 17.2 Å². The molecule has 3 rings (SSSR count). The second-order valence-corrected chi connectivity index (χ2v) is 5.97. The molecule has 0 atom stereocenters. The minimum Gasteiger partial charge on any atom is -0.322 e. The number of amides is 3. The first-order valence-electron chi connectivity index (χ1n) is 8.53. The fourth-order valence-electron chi connectivity index (χ4n) is 2.43. The summed E-state index contributed by atoms with van der Waals surface area (Å²) in [6, 6.07) is 18.5. The number of aromatic nitrogens is 1. The van der Waals surface area contributed by atoms with Crippen molar-refractivity contribution in [2.24, 2.45) is 0 Å². The van der Waals surface area contributed by atoms with Gasteiger partial charge >= 0.3 is 0 Å². The number of hydrogen-bond acceptors (Lipinski definition) is 4. The molecule has 0 radical (unpaired) electrons. The largest absolute Gasteiger partial charge is 0.322 e. The van der Waals surface area contributed by atoms with E-state index in [0.29, 0.717) is 11.3 Å². The van der Waals surface area contributed by atoms with Gasteiger partial charge in [-0.2, -0.15) is 0 Å². The Bertz CT molecular complexity index is 1000. The molecule has 0 saturated heterocycles. The quantitative estimate of drug-likeness (QED) is 0.611. The van der Waals surface area contributed by atoms with Gasteiger partial charge in [-0.3, -0.25) is 30.2 Å². The summed E-state index contributed by atoms with van der Waals surface area (Å²) in [5.74, 6) is -1.32. The summed E-state index contributed by atoms with van der Waals surface area (Å²) >= 11 is 0. The minimum atomic E-state index is -0.529. The molecule has 1 aromatic heterocycles. The summed E-state index contributed by atoms with van der Waals surface area (Å²) in [4.78, 5) is 40.5. The first-order valence-corrected chi connectivity index (χ1v) is 8.53. The Morgan fingerprint density at radius 3 is 2.18 bits per heavy atom. The van der Waals surface area contributed by atoms with E-state index in [1.807, 2.05) is 13.0 Å². The molecule has 0 aliphatic rings. The monoisotopic (exact) mass is 374 g/mol. The fraction of sp³-hybridized carbons (Fsp3) is 0.0476. The lowest BCUT2D eigenvalue weighted by Gasteiger charge is -2.11. The maximum atomic E-state index is 12.3. The molecule has 140 valence electrons. The van der Waals surface area contributed by atoms with E-state index in [0.717, 1.165) is 5.56 Å². The molecular formula is C21H18N4O3.